The van der Waals surface area contributed by atoms with Crippen molar-refractivity contribution in [3.05, 3.63) is 65.7 Å². The molecule has 0 aromatic heterocycles. The minimum Gasteiger partial charge on any atom is -0.497 e. The highest BCUT2D eigenvalue weighted by atomic mass is 16.5. The molecule has 2 N–H and O–H groups in total. The van der Waals surface area contributed by atoms with Crippen LogP contribution in [-0.2, 0) is 16.0 Å². The lowest BCUT2D eigenvalue weighted by molar-refractivity contribution is -0.133. The Hall–Kier alpha value is -3.35. The summed E-state index contributed by atoms with van der Waals surface area (Å²) in [4.78, 5) is 41.0. The van der Waals surface area contributed by atoms with Gasteiger partial charge in [0.1, 0.15) is 11.8 Å². The Morgan fingerprint density at radius 3 is 2.17 bits per heavy atom. The molecule has 2 aromatic carbocycles. The molecule has 0 radical (unpaired) electrons. The minimum absolute atomic E-state index is 0.0162. The number of hydrogen-bond donors (Lipinski definition) is 2. The van der Waals surface area contributed by atoms with Crippen LogP contribution < -0.4 is 15.4 Å². The number of hydrogen-bond acceptors (Lipinski definition) is 4. The van der Waals surface area contributed by atoms with Crippen molar-refractivity contribution in [2.75, 3.05) is 20.2 Å². The molecule has 0 spiro atoms. The zero-order valence-electron chi connectivity index (χ0n) is 21.8. The van der Waals surface area contributed by atoms with Gasteiger partial charge >= 0.3 is 0 Å². The van der Waals surface area contributed by atoms with E-state index in [0.717, 1.165) is 12.0 Å². The molecule has 1 fully saturated rings. The second-order valence-corrected chi connectivity index (χ2v) is 9.92. The molecular formula is C29H39N3O4. The van der Waals surface area contributed by atoms with Crippen LogP contribution in [-0.4, -0.2) is 54.9 Å². The van der Waals surface area contributed by atoms with Crippen LogP contribution in [0.2, 0.25) is 0 Å². The highest BCUT2D eigenvalue weighted by molar-refractivity contribution is 5.97. The zero-order valence-corrected chi connectivity index (χ0v) is 21.8. The van der Waals surface area contributed by atoms with Crippen molar-refractivity contribution in [3.8, 4) is 5.75 Å². The molecule has 2 aromatic rings. The first-order valence-electron chi connectivity index (χ1n) is 12.9. The fourth-order valence-corrected chi connectivity index (χ4v) is 4.38. The number of methoxy groups -OCH3 is 1. The highest BCUT2D eigenvalue weighted by Gasteiger charge is 2.34. The van der Waals surface area contributed by atoms with Gasteiger partial charge in [0.2, 0.25) is 11.8 Å². The summed E-state index contributed by atoms with van der Waals surface area (Å²) in [6, 6.07) is 16.2. The van der Waals surface area contributed by atoms with E-state index >= 15 is 0 Å². The van der Waals surface area contributed by atoms with Gasteiger partial charge in [0.15, 0.2) is 0 Å². The maximum Gasteiger partial charge on any atom is 0.251 e. The Kier molecular flexibility index (Phi) is 9.91. The average Bonchev–Trinajstić information content (AvgIpc) is 2.90. The SMILES string of the molecule is COc1ccc(C(=O)N[C@@H](C(=O)N[C@H](C)C(C)C)C2CCN(C(=O)CCc3ccccc3)CC2)cc1. The summed E-state index contributed by atoms with van der Waals surface area (Å²) in [5, 5.41) is 6.05. The lowest BCUT2D eigenvalue weighted by atomic mass is 9.88. The standard InChI is InChI=1S/C29H39N3O4/c1-20(2)21(3)30-29(35)27(31-28(34)24-11-13-25(36-4)14-12-24)23-16-18-32(19-17-23)26(33)15-10-22-8-6-5-7-9-22/h5-9,11-14,20-21,23,27H,10,15-19H2,1-4H3,(H,30,35)(H,31,34)/t21-,27-/m1/s1. The van der Waals surface area contributed by atoms with E-state index in [2.05, 4.69) is 24.5 Å². The van der Waals surface area contributed by atoms with Crippen molar-refractivity contribution in [1.29, 1.82) is 0 Å². The summed E-state index contributed by atoms with van der Waals surface area (Å²) in [6.45, 7) is 7.24. The molecule has 7 heteroatoms. The van der Waals surface area contributed by atoms with Crippen molar-refractivity contribution >= 4 is 17.7 Å². The van der Waals surface area contributed by atoms with E-state index in [4.69, 9.17) is 4.74 Å². The topological polar surface area (TPSA) is 87.7 Å². The quantitative estimate of drug-likeness (QED) is 0.527. The first kappa shape index (κ1) is 27.2. The van der Waals surface area contributed by atoms with Crippen LogP contribution in [0.4, 0.5) is 0 Å². The molecule has 3 amide bonds. The molecule has 1 saturated heterocycles. The molecular weight excluding hydrogens is 454 g/mol. The monoisotopic (exact) mass is 493 g/mol. The number of likely N-dealkylation sites (tertiary alicyclic amines) is 1. The molecule has 1 aliphatic rings. The zero-order chi connectivity index (χ0) is 26.1. The van der Waals surface area contributed by atoms with Crippen molar-refractivity contribution in [1.82, 2.24) is 15.5 Å². The second-order valence-electron chi connectivity index (χ2n) is 9.92. The summed E-state index contributed by atoms with van der Waals surface area (Å²) in [5.41, 5.74) is 1.62. The highest BCUT2D eigenvalue weighted by Crippen LogP contribution is 2.23. The van der Waals surface area contributed by atoms with Gasteiger partial charge in [-0.2, -0.15) is 0 Å². The summed E-state index contributed by atoms with van der Waals surface area (Å²) < 4.78 is 5.17. The lowest BCUT2D eigenvalue weighted by Crippen LogP contribution is -2.55. The van der Waals surface area contributed by atoms with Crippen molar-refractivity contribution in [3.63, 3.8) is 0 Å². The van der Waals surface area contributed by atoms with Crippen LogP contribution in [0, 0.1) is 11.8 Å². The molecule has 7 nitrogen and oxygen atoms in total. The van der Waals surface area contributed by atoms with Crippen LogP contribution in [0.3, 0.4) is 0 Å². The lowest BCUT2D eigenvalue weighted by Gasteiger charge is -2.36. The number of amides is 3. The smallest absolute Gasteiger partial charge is 0.251 e. The number of nitrogens with zero attached hydrogens (tertiary/aromatic N) is 1. The van der Waals surface area contributed by atoms with Gasteiger partial charge < -0.3 is 20.3 Å². The fourth-order valence-electron chi connectivity index (χ4n) is 4.38. The first-order valence-corrected chi connectivity index (χ1v) is 12.9. The van der Waals surface area contributed by atoms with Gasteiger partial charge in [-0.3, -0.25) is 14.4 Å². The number of benzene rings is 2. The van der Waals surface area contributed by atoms with Crippen LogP contribution in [0.15, 0.2) is 54.6 Å². The van der Waals surface area contributed by atoms with Crippen molar-refractivity contribution in [2.24, 2.45) is 11.8 Å². The molecule has 0 unspecified atom stereocenters. The number of ether oxygens (including phenoxy) is 1. The van der Waals surface area contributed by atoms with Crippen LogP contribution in [0.25, 0.3) is 0 Å². The molecule has 1 aliphatic heterocycles. The Bertz CT molecular complexity index is 999. The Labute approximate surface area is 214 Å². The normalized spacial score (nSPS) is 15.8. The predicted molar refractivity (Wildman–Crippen MR) is 141 cm³/mol. The maximum absolute atomic E-state index is 13.3. The van der Waals surface area contributed by atoms with Gasteiger partial charge in [0, 0.05) is 31.1 Å². The number of carbonyl (C=O) groups excluding carboxylic acids is 3. The Morgan fingerprint density at radius 1 is 0.944 bits per heavy atom. The van der Waals surface area contributed by atoms with E-state index in [1.54, 1.807) is 31.4 Å². The van der Waals surface area contributed by atoms with E-state index < -0.39 is 6.04 Å². The second kappa shape index (κ2) is 13.1. The fraction of sp³-hybridized carbons (Fsp3) is 0.483. The molecule has 0 bridgehead atoms. The summed E-state index contributed by atoms with van der Waals surface area (Å²) >= 11 is 0. The third-order valence-corrected chi connectivity index (χ3v) is 7.13. The van der Waals surface area contributed by atoms with Gasteiger partial charge in [0.05, 0.1) is 7.11 Å². The third kappa shape index (κ3) is 7.57. The number of nitrogens with one attached hydrogen (secondary N) is 2. The van der Waals surface area contributed by atoms with Crippen LogP contribution >= 0.6 is 0 Å². The molecule has 0 saturated carbocycles. The average molecular weight is 494 g/mol. The Morgan fingerprint density at radius 2 is 1.58 bits per heavy atom. The minimum atomic E-state index is -0.664. The third-order valence-electron chi connectivity index (χ3n) is 7.13. The number of carbonyl (C=O) groups is 3. The van der Waals surface area contributed by atoms with E-state index in [9.17, 15) is 14.4 Å². The summed E-state index contributed by atoms with van der Waals surface area (Å²) in [5.74, 6) is 0.550. The maximum atomic E-state index is 13.3. The van der Waals surface area contributed by atoms with Crippen molar-refractivity contribution in [2.45, 2.75) is 58.5 Å². The van der Waals surface area contributed by atoms with Gasteiger partial charge in [0.25, 0.3) is 5.91 Å². The number of rotatable bonds is 10. The predicted octanol–water partition coefficient (Wildman–Crippen LogP) is 3.83. The molecule has 3 rings (SSSR count). The largest absolute Gasteiger partial charge is 0.497 e. The molecule has 2 atom stereocenters. The molecule has 1 heterocycles. The van der Waals surface area contributed by atoms with Crippen LogP contribution in [0.1, 0.15) is 56.0 Å². The number of piperidine rings is 1. The van der Waals surface area contributed by atoms with E-state index in [-0.39, 0.29) is 35.6 Å². The summed E-state index contributed by atoms with van der Waals surface area (Å²) in [6.07, 6.45) is 2.51. The Balaban J connectivity index is 1.63. The van der Waals surface area contributed by atoms with Gasteiger partial charge in [-0.15, -0.1) is 0 Å². The molecule has 0 aliphatic carbocycles. The van der Waals surface area contributed by atoms with Crippen molar-refractivity contribution < 1.29 is 19.1 Å². The first-order chi connectivity index (χ1) is 17.3. The molecule has 194 valence electrons. The number of aryl methyl sites for hydroxylation is 1. The van der Waals surface area contributed by atoms with Crippen LogP contribution in [0.5, 0.6) is 5.75 Å². The van der Waals surface area contributed by atoms with Gasteiger partial charge in [-0.05, 0) is 67.9 Å². The van der Waals surface area contributed by atoms with E-state index in [0.29, 0.717) is 43.7 Å². The van der Waals surface area contributed by atoms with E-state index in [1.165, 1.54) is 0 Å². The van der Waals surface area contributed by atoms with Gasteiger partial charge in [-0.25, -0.2) is 0 Å². The van der Waals surface area contributed by atoms with E-state index in [1.807, 2.05) is 42.2 Å². The summed E-state index contributed by atoms with van der Waals surface area (Å²) in [7, 11) is 1.57. The molecule has 36 heavy (non-hydrogen) atoms. The van der Waals surface area contributed by atoms with Gasteiger partial charge in [-0.1, -0.05) is 44.2 Å².